The molecular weight excluding hydrogens is 300 g/mol. The molecule has 5 nitrogen and oxygen atoms in total. The molecule has 0 radical (unpaired) electrons. The molecular formula is C12H15BrN2O3. The SMILES string of the molecule is Nc1cc(Br)c(NCC2CCCO2)cc1C(=O)O. The van der Waals surface area contributed by atoms with E-state index < -0.39 is 5.97 Å². The summed E-state index contributed by atoms with van der Waals surface area (Å²) in [7, 11) is 0. The van der Waals surface area contributed by atoms with Gasteiger partial charge in [0, 0.05) is 29.0 Å². The van der Waals surface area contributed by atoms with Crippen LogP contribution in [0, 0.1) is 0 Å². The van der Waals surface area contributed by atoms with Gasteiger partial charge in [0.2, 0.25) is 0 Å². The van der Waals surface area contributed by atoms with Crippen LogP contribution in [0.3, 0.4) is 0 Å². The average molecular weight is 315 g/mol. The molecule has 2 rings (SSSR count). The predicted octanol–water partition coefficient (Wildman–Crippen LogP) is 2.32. The first-order chi connectivity index (χ1) is 8.58. The standard InChI is InChI=1S/C12H15BrN2O3/c13-9-5-10(14)8(12(16)17)4-11(9)15-6-7-2-1-3-18-7/h4-5,7,15H,1-3,6,14H2,(H,16,17). The van der Waals surface area contributed by atoms with E-state index in [0.717, 1.165) is 29.6 Å². The van der Waals surface area contributed by atoms with Crippen molar-refractivity contribution in [1.29, 1.82) is 0 Å². The van der Waals surface area contributed by atoms with E-state index in [4.69, 9.17) is 15.6 Å². The highest BCUT2D eigenvalue weighted by molar-refractivity contribution is 9.10. The first-order valence-electron chi connectivity index (χ1n) is 5.75. The van der Waals surface area contributed by atoms with Crippen LogP contribution < -0.4 is 11.1 Å². The van der Waals surface area contributed by atoms with E-state index in [2.05, 4.69) is 21.2 Å². The molecule has 18 heavy (non-hydrogen) atoms. The molecule has 1 aromatic carbocycles. The molecule has 1 unspecified atom stereocenters. The fraction of sp³-hybridized carbons (Fsp3) is 0.417. The van der Waals surface area contributed by atoms with Crippen LogP contribution in [-0.4, -0.2) is 30.3 Å². The van der Waals surface area contributed by atoms with Crippen molar-refractivity contribution in [3.8, 4) is 0 Å². The van der Waals surface area contributed by atoms with Gasteiger partial charge in [0.05, 0.1) is 11.7 Å². The Labute approximate surface area is 113 Å². The van der Waals surface area contributed by atoms with Crippen LogP contribution in [0.4, 0.5) is 11.4 Å². The van der Waals surface area contributed by atoms with E-state index in [9.17, 15) is 4.79 Å². The molecule has 0 saturated carbocycles. The molecule has 0 bridgehead atoms. The van der Waals surface area contributed by atoms with Crippen LogP contribution in [0.25, 0.3) is 0 Å². The number of aromatic carboxylic acids is 1. The number of halogens is 1. The molecule has 1 aliphatic rings. The maximum atomic E-state index is 11.0. The number of nitrogens with two attached hydrogens (primary N) is 1. The van der Waals surface area contributed by atoms with E-state index in [-0.39, 0.29) is 17.4 Å². The third-order valence-corrected chi connectivity index (χ3v) is 3.57. The van der Waals surface area contributed by atoms with Crippen molar-refractivity contribution in [1.82, 2.24) is 0 Å². The molecule has 1 saturated heterocycles. The van der Waals surface area contributed by atoms with E-state index in [1.165, 1.54) is 6.07 Å². The summed E-state index contributed by atoms with van der Waals surface area (Å²) in [5, 5.41) is 12.2. The Morgan fingerprint density at radius 1 is 1.61 bits per heavy atom. The number of ether oxygens (including phenoxy) is 1. The summed E-state index contributed by atoms with van der Waals surface area (Å²) < 4.78 is 6.25. The smallest absolute Gasteiger partial charge is 0.337 e. The molecule has 98 valence electrons. The molecule has 0 spiro atoms. The van der Waals surface area contributed by atoms with Crippen molar-refractivity contribution >= 4 is 33.3 Å². The molecule has 0 aromatic heterocycles. The third kappa shape index (κ3) is 2.94. The number of anilines is 2. The lowest BCUT2D eigenvalue weighted by Gasteiger charge is -2.14. The van der Waals surface area contributed by atoms with Crippen LogP contribution in [0.5, 0.6) is 0 Å². The topological polar surface area (TPSA) is 84.6 Å². The zero-order chi connectivity index (χ0) is 13.1. The molecule has 1 heterocycles. The molecule has 4 N–H and O–H groups in total. The van der Waals surface area contributed by atoms with Crippen molar-refractivity contribution in [2.45, 2.75) is 18.9 Å². The Kier molecular flexibility index (Phi) is 4.08. The second kappa shape index (κ2) is 5.58. The summed E-state index contributed by atoms with van der Waals surface area (Å²) in [5.41, 5.74) is 6.72. The van der Waals surface area contributed by atoms with Crippen LogP contribution in [0.2, 0.25) is 0 Å². The van der Waals surface area contributed by atoms with E-state index >= 15 is 0 Å². The Bertz CT molecular complexity index is 459. The highest BCUT2D eigenvalue weighted by Crippen LogP contribution is 2.28. The van der Waals surface area contributed by atoms with Crippen molar-refractivity contribution in [2.24, 2.45) is 0 Å². The number of benzene rings is 1. The first kappa shape index (κ1) is 13.2. The number of hydrogen-bond donors (Lipinski definition) is 3. The normalized spacial score (nSPS) is 18.8. The van der Waals surface area contributed by atoms with Gasteiger partial charge in [0.25, 0.3) is 0 Å². The van der Waals surface area contributed by atoms with Gasteiger partial charge < -0.3 is 20.9 Å². The van der Waals surface area contributed by atoms with Gasteiger partial charge in [-0.1, -0.05) is 0 Å². The number of carboxylic acid groups (broad SMARTS) is 1. The zero-order valence-electron chi connectivity index (χ0n) is 9.78. The van der Waals surface area contributed by atoms with Crippen molar-refractivity contribution < 1.29 is 14.6 Å². The summed E-state index contributed by atoms with van der Waals surface area (Å²) in [6.07, 6.45) is 2.31. The molecule has 1 fully saturated rings. The van der Waals surface area contributed by atoms with Gasteiger partial charge in [0.15, 0.2) is 0 Å². The number of carboxylic acids is 1. The molecule has 1 aromatic rings. The van der Waals surface area contributed by atoms with Crippen molar-refractivity contribution in [3.05, 3.63) is 22.2 Å². The van der Waals surface area contributed by atoms with Gasteiger partial charge >= 0.3 is 5.97 Å². The number of rotatable bonds is 4. The molecule has 0 aliphatic carbocycles. The zero-order valence-corrected chi connectivity index (χ0v) is 11.4. The Balaban J connectivity index is 2.11. The minimum atomic E-state index is -1.03. The van der Waals surface area contributed by atoms with Crippen LogP contribution >= 0.6 is 15.9 Å². The summed E-state index contributed by atoms with van der Waals surface area (Å²) >= 11 is 3.36. The van der Waals surface area contributed by atoms with Gasteiger partial charge in [-0.25, -0.2) is 4.79 Å². The minimum absolute atomic E-state index is 0.105. The number of nitrogens with one attached hydrogen (secondary N) is 1. The summed E-state index contributed by atoms with van der Waals surface area (Å²) in [5.74, 6) is -1.03. The first-order valence-corrected chi connectivity index (χ1v) is 6.55. The monoisotopic (exact) mass is 314 g/mol. The maximum absolute atomic E-state index is 11.0. The highest BCUT2D eigenvalue weighted by Gasteiger charge is 2.17. The molecule has 1 atom stereocenters. The number of hydrogen-bond acceptors (Lipinski definition) is 4. The Morgan fingerprint density at radius 3 is 3.00 bits per heavy atom. The summed E-state index contributed by atoms with van der Waals surface area (Å²) in [6, 6.07) is 3.14. The third-order valence-electron chi connectivity index (χ3n) is 2.91. The average Bonchev–Trinajstić information content (AvgIpc) is 2.80. The maximum Gasteiger partial charge on any atom is 0.337 e. The summed E-state index contributed by atoms with van der Waals surface area (Å²) in [4.78, 5) is 11.0. The second-order valence-corrected chi connectivity index (χ2v) is 5.09. The van der Waals surface area contributed by atoms with Gasteiger partial charge in [-0.2, -0.15) is 0 Å². The fourth-order valence-corrected chi connectivity index (χ4v) is 2.44. The molecule has 6 heteroatoms. The van der Waals surface area contributed by atoms with Gasteiger partial charge in [-0.05, 0) is 40.9 Å². The van der Waals surface area contributed by atoms with Crippen LogP contribution in [0.15, 0.2) is 16.6 Å². The lowest BCUT2D eigenvalue weighted by molar-refractivity contribution is 0.0698. The van der Waals surface area contributed by atoms with E-state index in [1.54, 1.807) is 6.07 Å². The van der Waals surface area contributed by atoms with Crippen LogP contribution in [-0.2, 0) is 4.74 Å². The largest absolute Gasteiger partial charge is 0.478 e. The van der Waals surface area contributed by atoms with E-state index in [0.29, 0.717) is 6.54 Å². The predicted molar refractivity (Wildman–Crippen MR) is 73.0 cm³/mol. The summed E-state index contributed by atoms with van der Waals surface area (Å²) in [6.45, 7) is 1.47. The highest BCUT2D eigenvalue weighted by atomic mass is 79.9. The lowest BCUT2D eigenvalue weighted by atomic mass is 10.1. The van der Waals surface area contributed by atoms with Gasteiger partial charge in [-0.3, -0.25) is 0 Å². The number of nitrogen functional groups attached to an aromatic ring is 1. The Morgan fingerprint density at radius 2 is 2.39 bits per heavy atom. The Hall–Kier alpha value is -1.27. The molecule has 0 amide bonds. The second-order valence-electron chi connectivity index (χ2n) is 4.24. The minimum Gasteiger partial charge on any atom is -0.478 e. The lowest BCUT2D eigenvalue weighted by Crippen LogP contribution is -2.19. The van der Waals surface area contributed by atoms with Crippen molar-refractivity contribution in [2.75, 3.05) is 24.2 Å². The fourth-order valence-electron chi connectivity index (χ4n) is 1.94. The van der Waals surface area contributed by atoms with Gasteiger partial charge in [-0.15, -0.1) is 0 Å². The molecule has 1 aliphatic heterocycles. The van der Waals surface area contributed by atoms with Crippen molar-refractivity contribution in [3.63, 3.8) is 0 Å². The van der Waals surface area contributed by atoms with Gasteiger partial charge in [0.1, 0.15) is 0 Å². The number of carbonyl (C=O) groups is 1. The quantitative estimate of drug-likeness (QED) is 0.743. The van der Waals surface area contributed by atoms with E-state index in [1.807, 2.05) is 0 Å². The van der Waals surface area contributed by atoms with Crippen LogP contribution in [0.1, 0.15) is 23.2 Å².